The van der Waals surface area contributed by atoms with Crippen molar-refractivity contribution in [3.8, 4) is 0 Å². The summed E-state index contributed by atoms with van der Waals surface area (Å²) in [6, 6.07) is 4.92. The van der Waals surface area contributed by atoms with Gasteiger partial charge in [0.25, 0.3) is 0 Å². The largest absolute Gasteiger partial charge is 0.313 e. The fourth-order valence-electron chi connectivity index (χ4n) is 1.74. The molecule has 1 aromatic rings. The number of hydrogen-bond donors (Lipinski definition) is 1. The monoisotopic (exact) mass is 283 g/mol. The quantitative estimate of drug-likeness (QED) is 0.793. The van der Waals surface area contributed by atoms with E-state index in [0.29, 0.717) is 11.8 Å². The molecule has 1 nitrogen and oxygen atoms in total. The normalized spacial score (nSPS) is 12.5. The highest BCUT2D eigenvalue weighted by Gasteiger charge is 2.05. The fourth-order valence-corrected chi connectivity index (χ4v) is 1.86. The van der Waals surface area contributed by atoms with Gasteiger partial charge in [-0.2, -0.15) is 0 Å². The molecule has 3 heteroatoms. The van der Waals surface area contributed by atoms with Crippen LogP contribution in [0.2, 0.25) is 5.02 Å². The molecule has 0 aliphatic rings. The second-order valence-corrected chi connectivity index (χ2v) is 5.98. The molecule has 0 saturated heterocycles. The van der Waals surface area contributed by atoms with Crippen molar-refractivity contribution in [2.75, 3.05) is 13.1 Å². The summed E-state index contributed by atoms with van der Waals surface area (Å²) in [4.78, 5) is 0. The Morgan fingerprint density at radius 2 is 2.00 bits per heavy atom. The van der Waals surface area contributed by atoms with Crippen LogP contribution < -0.4 is 5.32 Å². The van der Waals surface area contributed by atoms with E-state index in [1.807, 2.05) is 12.1 Å². The molecule has 0 unspecified atom stereocenters. The average molecular weight is 284 g/mol. The molecule has 0 fully saturated rings. The minimum atomic E-state index is -0.367. The van der Waals surface area contributed by atoms with Crippen LogP contribution in [0.3, 0.4) is 0 Å². The highest BCUT2D eigenvalue weighted by molar-refractivity contribution is 6.30. The van der Waals surface area contributed by atoms with Crippen LogP contribution in [0, 0.1) is 17.7 Å². The van der Waals surface area contributed by atoms with Gasteiger partial charge in [-0.25, -0.2) is 4.39 Å². The van der Waals surface area contributed by atoms with Gasteiger partial charge >= 0.3 is 0 Å². The molecule has 0 bridgehead atoms. The van der Waals surface area contributed by atoms with Crippen LogP contribution in [0.15, 0.2) is 23.8 Å². The van der Waals surface area contributed by atoms with Gasteiger partial charge in [0.05, 0.1) is 5.02 Å². The van der Waals surface area contributed by atoms with Crippen LogP contribution in [-0.2, 0) is 0 Å². The number of rotatable bonds is 6. The lowest BCUT2D eigenvalue weighted by molar-refractivity contribution is 0.558. The molecule has 106 valence electrons. The van der Waals surface area contributed by atoms with E-state index in [2.05, 4.69) is 33.0 Å². The summed E-state index contributed by atoms with van der Waals surface area (Å²) in [6.45, 7) is 10.5. The van der Waals surface area contributed by atoms with Gasteiger partial charge in [0.15, 0.2) is 0 Å². The summed E-state index contributed by atoms with van der Waals surface area (Å²) in [7, 11) is 0. The lowest BCUT2D eigenvalue weighted by Crippen LogP contribution is -2.23. The minimum absolute atomic E-state index is 0.168. The second kappa shape index (κ2) is 7.66. The van der Waals surface area contributed by atoms with Gasteiger partial charge in [0.2, 0.25) is 0 Å². The van der Waals surface area contributed by atoms with E-state index in [4.69, 9.17) is 11.6 Å². The van der Waals surface area contributed by atoms with Gasteiger partial charge in [0, 0.05) is 6.54 Å². The first kappa shape index (κ1) is 16.2. The van der Waals surface area contributed by atoms with Gasteiger partial charge in [-0.05, 0) is 36.1 Å². The summed E-state index contributed by atoms with van der Waals surface area (Å²) >= 11 is 5.69. The van der Waals surface area contributed by atoms with E-state index in [1.54, 1.807) is 6.07 Å². The Morgan fingerprint density at radius 1 is 1.32 bits per heavy atom. The molecule has 0 aliphatic carbocycles. The lowest BCUT2D eigenvalue weighted by atomic mass is 10.00. The molecule has 0 aromatic heterocycles. The molecule has 0 amide bonds. The zero-order valence-electron chi connectivity index (χ0n) is 12.1. The molecule has 1 N–H and O–H groups in total. The zero-order valence-corrected chi connectivity index (χ0v) is 12.9. The first-order valence-corrected chi connectivity index (χ1v) is 7.14. The Morgan fingerprint density at radius 3 is 2.53 bits per heavy atom. The molecule has 1 rings (SSSR count). The maximum absolute atomic E-state index is 13.4. The summed E-state index contributed by atoms with van der Waals surface area (Å²) in [5, 5.41) is 3.59. The lowest BCUT2D eigenvalue weighted by Gasteiger charge is -2.14. The zero-order chi connectivity index (χ0) is 14.4. The SMILES string of the molecule is CC(C)CNCC(=Cc1ccc(Cl)c(F)c1)C(C)C. The molecular formula is C16H23ClFN. The molecule has 0 radical (unpaired) electrons. The van der Waals surface area contributed by atoms with Crippen molar-refractivity contribution in [2.24, 2.45) is 11.8 Å². The van der Waals surface area contributed by atoms with Crippen molar-refractivity contribution in [3.63, 3.8) is 0 Å². The van der Waals surface area contributed by atoms with E-state index in [9.17, 15) is 4.39 Å². The smallest absolute Gasteiger partial charge is 0.142 e. The van der Waals surface area contributed by atoms with Crippen LogP contribution in [0.4, 0.5) is 4.39 Å². The van der Waals surface area contributed by atoms with Crippen molar-refractivity contribution in [3.05, 3.63) is 40.2 Å². The topological polar surface area (TPSA) is 12.0 Å². The Labute approximate surface area is 120 Å². The van der Waals surface area contributed by atoms with E-state index in [-0.39, 0.29) is 10.8 Å². The molecule has 1 aromatic carbocycles. The van der Waals surface area contributed by atoms with Gasteiger partial charge in [-0.1, -0.05) is 57.0 Å². The van der Waals surface area contributed by atoms with Crippen LogP contribution in [0.25, 0.3) is 6.08 Å². The molecule has 0 heterocycles. The molecule has 0 spiro atoms. The third-order valence-corrected chi connectivity index (χ3v) is 3.23. The Bertz CT molecular complexity index is 438. The van der Waals surface area contributed by atoms with E-state index >= 15 is 0 Å². The predicted octanol–water partition coefficient (Wildman–Crippen LogP) is 4.76. The van der Waals surface area contributed by atoms with Crippen molar-refractivity contribution >= 4 is 17.7 Å². The highest BCUT2D eigenvalue weighted by atomic mass is 35.5. The molecule has 0 atom stereocenters. The Hall–Kier alpha value is -0.860. The first-order valence-electron chi connectivity index (χ1n) is 6.76. The molecule has 0 aliphatic heterocycles. The Kier molecular flexibility index (Phi) is 6.53. The van der Waals surface area contributed by atoms with Crippen molar-refractivity contribution < 1.29 is 4.39 Å². The van der Waals surface area contributed by atoms with Crippen molar-refractivity contribution in [1.29, 1.82) is 0 Å². The van der Waals surface area contributed by atoms with E-state index in [0.717, 1.165) is 18.7 Å². The van der Waals surface area contributed by atoms with Crippen LogP contribution >= 0.6 is 11.6 Å². The number of benzene rings is 1. The van der Waals surface area contributed by atoms with Crippen LogP contribution in [0.1, 0.15) is 33.3 Å². The maximum atomic E-state index is 13.4. The average Bonchev–Trinajstić information content (AvgIpc) is 2.32. The van der Waals surface area contributed by atoms with Crippen LogP contribution in [0.5, 0.6) is 0 Å². The third kappa shape index (κ3) is 5.75. The van der Waals surface area contributed by atoms with Crippen molar-refractivity contribution in [1.82, 2.24) is 5.32 Å². The summed E-state index contributed by atoms with van der Waals surface area (Å²) < 4.78 is 13.4. The summed E-state index contributed by atoms with van der Waals surface area (Å²) in [5.41, 5.74) is 2.12. The molecular weight excluding hydrogens is 261 g/mol. The summed E-state index contributed by atoms with van der Waals surface area (Å²) in [5.74, 6) is 0.688. The maximum Gasteiger partial charge on any atom is 0.142 e. The second-order valence-electron chi connectivity index (χ2n) is 5.57. The first-order chi connectivity index (χ1) is 8.90. The van der Waals surface area contributed by atoms with Gasteiger partial charge < -0.3 is 5.32 Å². The minimum Gasteiger partial charge on any atom is -0.313 e. The Balaban J connectivity index is 2.79. The van der Waals surface area contributed by atoms with E-state index < -0.39 is 0 Å². The highest BCUT2D eigenvalue weighted by Crippen LogP contribution is 2.19. The molecule has 0 saturated carbocycles. The predicted molar refractivity (Wildman–Crippen MR) is 81.9 cm³/mol. The van der Waals surface area contributed by atoms with Gasteiger partial charge in [-0.15, -0.1) is 0 Å². The van der Waals surface area contributed by atoms with Gasteiger partial charge in [-0.3, -0.25) is 0 Å². The number of halogens is 2. The molecule has 19 heavy (non-hydrogen) atoms. The number of nitrogens with one attached hydrogen (secondary N) is 1. The van der Waals surface area contributed by atoms with Crippen LogP contribution in [-0.4, -0.2) is 13.1 Å². The van der Waals surface area contributed by atoms with E-state index in [1.165, 1.54) is 11.6 Å². The summed E-state index contributed by atoms with van der Waals surface area (Å²) in [6.07, 6.45) is 2.04. The number of hydrogen-bond acceptors (Lipinski definition) is 1. The van der Waals surface area contributed by atoms with Gasteiger partial charge in [0.1, 0.15) is 5.82 Å². The fraction of sp³-hybridized carbons (Fsp3) is 0.500. The standard InChI is InChI=1S/C16H23ClFN/c1-11(2)9-19-10-14(12(3)4)7-13-5-6-15(17)16(18)8-13/h5-8,11-12,19H,9-10H2,1-4H3. The van der Waals surface area contributed by atoms with Crippen molar-refractivity contribution in [2.45, 2.75) is 27.7 Å². The third-order valence-electron chi connectivity index (χ3n) is 2.92.